The molecule has 2 aromatic heterocycles. The molecule has 3 aromatic rings. The Morgan fingerprint density at radius 3 is 2.68 bits per heavy atom. The summed E-state index contributed by atoms with van der Waals surface area (Å²) in [6.45, 7) is 2.05. The molecule has 0 radical (unpaired) electrons. The zero-order chi connectivity index (χ0) is 13.4. The average molecular weight is 254 g/mol. The van der Waals surface area contributed by atoms with Crippen molar-refractivity contribution in [2.24, 2.45) is 0 Å². The van der Waals surface area contributed by atoms with Gasteiger partial charge in [-0.2, -0.15) is 4.98 Å². The fourth-order valence-electron chi connectivity index (χ4n) is 2.11. The van der Waals surface area contributed by atoms with Gasteiger partial charge < -0.3 is 10.7 Å². The molecular weight excluding hydrogens is 240 g/mol. The van der Waals surface area contributed by atoms with Gasteiger partial charge in [0.1, 0.15) is 5.65 Å². The van der Waals surface area contributed by atoms with Crippen LogP contribution in [-0.2, 0) is 6.42 Å². The third-order valence-electron chi connectivity index (χ3n) is 3.09. The first kappa shape index (κ1) is 11.5. The van der Waals surface area contributed by atoms with Crippen LogP contribution in [0.1, 0.15) is 16.8 Å². The van der Waals surface area contributed by atoms with Gasteiger partial charge in [0.15, 0.2) is 0 Å². The van der Waals surface area contributed by atoms with Crippen molar-refractivity contribution in [3.63, 3.8) is 0 Å². The van der Waals surface area contributed by atoms with Crippen LogP contribution in [0.3, 0.4) is 0 Å². The minimum atomic E-state index is -0.214. The molecule has 0 aliphatic rings. The SMILES string of the molecule is Cc1ccc(Cc2cc3c(=O)[nH]c(N)nc3[nH]2)cc1. The highest BCUT2D eigenvalue weighted by molar-refractivity contribution is 5.76. The Balaban J connectivity index is 2.00. The number of nitrogens with zero attached hydrogens (tertiary/aromatic N) is 1. The number of nitrogen functional groups attached to an aromatic ring is 1. The molecule has 19 heavy (non-hydrogen) atoms. The number of rotatable bonds is 2. The van der Waals surface area contributed by atoms with E-state index >= 15 is 0 Å². The van der Waals surface area contributed by atoms with Crippen molar-refractivity contribution in [1.82, 2.24) is 15.0 Å². The summed E-state index contributed by atoms with van der Waals surface area (Å²) in [7, 11) is 0. The van der Waals surface area contributed by atoms with Crippen molar-refractivity contribution in [3.8, 4) is 0 Å². The van der Waals surface area contributed by atoms with Gasteiger partial charge in [0, 0.05) is 12.1 Å². The topological polar surface area (TPSA) is 87.6 Å². The molecule has 0 spiro atoms. The number of aryl methyl sites for hydroxylation is 1. The first-order valence-corrected chi connectivity index (χ1v) is 6.05. The largest absolute Gasteiger partial charge is 0.369 e. The van der Waals surface area contributed by atoms with Crippen molar-refractivity contribution in [1.29, 1.82) is 0 Å². The molecule has 0 aliphatic heterocycles. The van der Waals surface area contributed by atoms with E-state index in [2.05, 4.69) is 46.1 Å². The molecule has 1 aromatic carbocycles. The zero-order valence-electron chi connectivity index (χ0n) is 10.5. The smallest absolute Gasteiger partial charge is 0.261 e. The average Bonchev–Trinajstić information content (AvgIpc) is 2.75. The van der Waals surface area contributed by atoms with Crippen LogP contribution in [0.2, 0.25) is 0 Å². The third-order valence-corrected chi connectivity index (χ3v) is 3.09. The van der Waals surface area contributed by atoms with Crippen LogP contribution < -0.4 is 11.3 Å². The molecule has 0 saturated heterocycles. The lowest BCUT2D eigenvalue weighted by Crippen LogP contribution is -2.09. The van der Waals surface area contributed by atoms with Gasteiger partial charge >= 0.3 is 0 Å². The first-order valence-electron chi connectivity index (χ1n) is 6.05. The Kier molecular flexibility index (Phi) is 2.59. The van der Waals surface area contributed by atoms with Gasteiger partial charge in [-0.25, -0.2) is 0 Å². The summed E-state index contributed by atoms with van der Waals surface area (Å²) in [4.78, 5) is 21.4. The summed E-state index contributed by atoms with van der Waals surface area (Å²) in [6, 6.07) is 10.1. The minimum absolute atomic E-state index is 0.126. The molecule has 3 rings (SSSR count). The van der Waals surface area contributed by atoms with E-state index in [1.165, 1.54) is 11.1 Å². The van der Waals surface area contributed by atoms with Gasteiger partial charge in [-0.3, -0.25) is 9.78 Å². The number of fused-ring (bicyclic) bond motifs is 1. The molecule has 4 N–H and O–H groups in total. The highest BCUT2D eigenvalue weighted by Gasteiger charge is 2.07. The Labute approximate surface area is 109 Å². The lowest BCUT2D eigenvalue weighted by molar-refractivity contribution is 1.10. The first-order chi connectivity index (χ1) is 9.11. The zero-order valence-corrected chi connectivity index (χ0v) is 10.5. The molecule has 0 bridgehead atoms. The molecule has 0 fully saturated rings. The van der Waals surface area contributed by atoms with E-state index in [1.807, 2.05) is 6.07 Å². The fraction of sp³-hybridized carbons (Fsp3) is 0.143. The predicted molar refractivity (Wildman–Crippen MR) is 75.1 cm³/mol. The summed E-state index contributed by atoms with van der Waals surface area (Å²) in [5, 5.41) is 0.538. The standard InChI is InChI=1S/C14H14N4O/c1-8-2-4-9(5-3-8)6-10-7-11-12(16-10)17-14(15)18-13(11)19/h2-5,7H,6H2,1H3,(H4,15,16,17,18,19). The number of nitrogens with two attached hydrogens (primary N) is 1. The highest BCUT2D eigenvalue weighted by atomic mass is 16.1. The summed E-state index contributed by atoms with van der Waals surface area (Å²) >= 11 is 0. The predicted octanol–water partition coefficient (Wildman–Crippen LogP) is 1.73. The molecule has 0 amide bonds. The van der Waals surface area contributed by atoms with Crippen molar-refractivity contribution in [2.75, 3.05) is 5.73 Å². The molecular formula is C14H14N4O. The Morgan fingerprint density at radius 2 is 1.95 bits per heavy atom. The van der Waals surface area contributed by atoms with E-state index in [9.17, 15) is 4.79 Å². The monoisotopic (exact) mass is 254 g/mol. The number of aromatic amines is 2. The van der Waals surface area contributed by atoms with E-state index < -0.39 is 0 Å². The minimum Gasteiger partial charge on any atom is -0.369 e. The van der Waals surface area contributed by atoms with Crippen LogP contribution >= 0.6 is 0 Å². The molecule has 0 atom stereocenters. The maximum Gasteiger partial charge on any atom is 0.261 e. The number of nitrogens with one attached hydrogen (secondary N) is 2. The summed E-state index contributed by atoms with van der Waals surface area (Å²) in [5.41, 5.74) is 9.19. The van der Waals surface area contributed by atoms with Crippen LogP contribution in [0.15, 0.2) is 35.1 Å². The lowest BCUT2D eigenvalue weighted by atomic mass is 10.1. The van der Waals surface area contributed by atoms with Crippen LogP contribution in [0, 0.1) is 6.92 Å². The van der Waals surface area contributed by atoms with Gasteiger partial charge in [-0.15, -0.1) is 0 Å². The molecule has 0 saturated carbocycles. The van der Waals surface area contributed by atoms with Crippen molar-refractivity contribution in [3.05, 3.63) is 57.5 Å². The lowest BCUT2D eigenvalue weighted by Gasteiger charge is -1.99. The summed E-state index contributed by atoms with van der Waals surface area (Å²) in [6.07, 6.45) is 0.732. The van der Waals surface area contributed by atoms with Crippen molar-refractivity contribution < 1.29 is 0 Å². The maximum absolute atomic E-state index is 11.7. The maximum atomic E-state index is 11.7. The normalized spacial score (nSPS) is 11.0. The van der Waals surface area contributed by atoms with Gasteiger partial charge in [-0.1, -0.05) is 29.8 Å². The number of aromatic nitrogens is 3. The second kappa shape index (κ2) is 4.28. The van der Waals surface area contributed by atoms with Crippen molar-refractivity contribution >= 4 is 17.0 Å². The van der Waals surface area contributed by atoms with Crippen LogP contribution in [0.5, 0.6) is 0 Å². The summed E-state index contributed by atoms with van der Waals surface area (Å²) < 4.78 is 0. The number of hydrogen-bond donors (Lipinski definition) is 3. The Hall–Kier alpha value is -2.56. The molecule has 0 unspecified atom stereocenters. The molecule has 96 valence electrons. The van der Waals surface area contributed by atoms with Crippen LogP contribution in [0.25, 0.3) is 11.0 Å². The summed E-state index contributed by atoms with van der Waals surface area (Å²) in [5.74, 6) is 0.126. The number of H-pyrrole nitrogens is 2. The van der Waals surface area contributed by atoms with E-state index in [-0.39, 0.29) is 11.5 Å². The number of hydrogen-bond acceptors (Lipinski definition) is 3. The van der Waals surface area contributed by atoms with Gasteiger partial charge in [-0.05, 0) is 18.6 Å². The van der Waals surface area contributed by atoms with E-state index in [1.54, 1.807) is 0 Å². The van der Waals surface area contributed by atoms with E-state index in [0.29, 0.717) is 11.0 Å². The third kappa shape index (κ3) is 2.22. The molecule has 0 aliphatic carbocycles. The van der Waals surface area contributed by atoms with Crippen LogP contribution in [0.4, 0.5) is 5.95 Å². The fourth-order valence-corrected chi connectivity index (χ4v) is 2.11. The van der Waals surface area contributed by atoms with Gasteiger partial charge in [0.05, 0.1) is 5.39 Å². The molecule has 5 nitrogen and oxygen atoms in total. The van der Waals surface area contributed by atoms with E-state index in [0.717, 1.165) is 12.1 Å². The number of anilines is 1. The van der Waals surface area contributed by atoms with Gasteiger partial charge in [0.25, 0.3) is 5.56 Å². The van der Waals surface area contributed by atoms with Gasteiger partial charge in [0.2, 0.25) is 5.95 Å². The molecule has 5 heteroatoms. The Morgan fingerprint density at radius 1 is 1.21 bits per heavy atom. The highest BCUT2D eigenvalue weighted by Crippen LogP contribution is 2.14. The quantitative estimate of drug-likeness (QED) is 0.650. The van der Waals surface area contributed by atoms with E-state index in [4.69, 9.17) is 5.73 Å². The second-order valence-corrected chi connectivity index (χ2v) is 4.67. The second-order valence-electron chi connectivity index (χ2n) is 4.67. The number of benzene rings is 1. The Bertz CT molecular complexity index is 783. The van der Waals surface area contributed by atoms with Crippen molar-refractivity contribution in [2.45, 2.75) is 13.3 Å². The van der Waals surface area contributed by atoms with Crippen LogP contribution in [-0.4, -0.2) is 15.0 Å². The molecule has 2 heterocycles.